The molecule has 0 saturated heterocycles. The van der Waals surface area contributed by atoms with E-state index in [0.29, 0.717) is 10.7 Å². The first-order valence-corrected chi connectivity index (χ1v) is 4.71. The SMILES string of the molecule is Cc1ccc(Cl)c(NC(=O)C(C)N)c1. The standard InChI is InChI=1S/C10H13ClN2O/c1-6-3-4-8(11)9(5-6)13-10(14)7(2)12/h3-5,7H,12H2,1-2H3,(H,13,14). The van der Waals surface area contributed by atoms with Crippen molar-refractivity contribution < 1.29 is 4.79 Å². The van der Waals surface area contributed by atoms with Gasteiger partial charge >= 0.3 is 0 Å². The van der Waals surface area contributed by atoms with Crippen molar-refractivity contribution >= 4 is 23.2 Å². The minimum Gasteiger partial charge on any atom is -0.323 e. The van der Waals surface area contributed by atoms with E-state index in [-0.39, 0.29) is 5.91 Å². The van der Waals surface area contributed by atoms with Crippen LogP contribution in [-0.2, 0) is 4.79 Å². The lowest BCUT2D eigenvalue weighted by atomic mass is 10.2. The summed E-state index contributed by atoms with van der Waals surface area (Å²) in [5.41, 5.74) is 7.06. The zero-order valence-electron chi connectivity index (χ0n) is 8.17. The molecular formula is C10H13ClN2O. The summed E-state index contributed by atoms with van der Waals surface area (Å²) in [6.07, 6.45) is 0. The third-order valence-electron chi connectivity index (χ3n) is 1.79. The Hall–Kier alpha value is -1.06. The fourth-order valence-corrected chi connectivity index (χ4v) is 1.15. The fourth-order valence-electron chi connectivity index (χ4n) is 0.981. The molecule has 76 valence electrons. The van der Waals surface area contributed by atoms with Crippen LogP contribution in [0.5, 0.6) is 0 Å². The molecular weight excluding hydrogens is 200 g/mol. The third-order valence-corrected chi connectivity index (χ3v) is 2.12. The van der Waals surface area contributed by atoms with E-state index < -0.39 is 6.04 Å². The Kier molecular flexibility index (Phi) is 3.49. The van der Waals surface area contributed by atoms with Crippen molar-refractivity contribution in [3.05, 3.63) is 28.8 Å². The summed E-state index contributed by atoms with van der Waals surface area (Å²) in [4.78, 5) is 11.3. The molecule has 0 fully saturated rings. The van der Waals surface area contributed by atoms with E-state index in [1.807, 2.05) is 19.1 Å². The number of carbonyl (C=O) groups is 1. The molecule has 14 heavy (non-hydrogen) atoms. The number of benzene rings is 1. The van der Waals surface area contributed by atoms with Gasteiger partial charge in [-0.15, -0.1) is 0 Å². The molecule has 0 heterocycles. The smallest absolute Gasteiger partial charge is 0.241 e. The van der Waals surface area contributed by atoms with Crippen LogP contribution in [-0.4, -0.2) is 11.9 Å². The van der Waals surface area contributed by atoms with Crippen molar-refractivity contribution in [2.75, 3.05) is 5.32 Å². The number of amides is 1. The lowest BCUT2D eigenvalue weighted by Crippen LogP contribution is -2.32. The number of nitrogens with two attached hydrogens (primary N) is 1. The van der Waals surface area contributed by atoms with Crippen LogP contribution in [0.25, 0.3) is 0 Å². The number of hydrogen-bond donors (Lipinski definition) is 2. The Morgan fingerprint density at radius 1 is 1.57 bits per heavy atom. The molecule has 0 aliphatic rings. The zero-order chi connectivity index (χ0) is 10.7. The van der Waals surface area contributed by atoms with E-state index in [1.165, 1.54) is 0 Å². The van der Waals surface area contributed by atoms with Crippen molar-refractivity contribution in [3.63, 3.8) is 0 Å². The maximum absolute atomic E-state index is 11.3. The molecule has 4 heteroatoms. The van der Waals surface area contributed by atoms with Crippen LogP contribution in [0.1, 0.15) is 12.5 Å². The summed E-state index contributed by atoms with van der Waals surface area (Å²) < 4.78 is 0. The minimum absolute atomic E-state index is 0.238. The van der Waals surface area contributed by atoms with E-state index in [0.717, 1.165) is 5.56 Å². The highest BCUT2D eigenvalue weighted by molar-refractivity contribution is 6.33. The molecule has 1 aromatic rings. The van der Waals surface area contributed by atoms with Gasteiger partial charge in [0.2, 0.25) is 5.91 Å². The highest BCUT2D eigenvalue weighted by Crippen LogP contribution is 2.22. The lowest BCUT2D eigenvalue weighted by Gasteiger charge is -2.09. The van der Waals surface area contributed by atoms with Gasteiger partial charge in [-0.3, -0.25) is 4.79 Å². The van der Waals surface area contributed by atoms with Gasteiger partial charge in [0, 0.05) is 0 Å². The second-order valence-electron chi connectivity index (χ2n) is 3.26. The number of hydrogen-bond acceptors (Lipinski definition) is 2. The van der Waals surface area contributed by atoms with E-state index >= 15 is 0 Å². The molecule has 1 rings (SSSR count). The first kappa shape index (κ1) is 11.0. The molecule has 0 aliphatic carbocycles. The highest BCUT2D eigenvalue weighted by Gasteiger charge is 2.09. The van der Waals surface area contributed by atoms with Crippen molar-refractivity contribution in [1.82, 2.24) is 0 Å². The summed E-state index contributed by atoms with van der Waals surface area (Å²) in [5, 5.41) is 3.17. The van der Waals surface area contributed by atoms with Crippen LogP contribution in [0.2, 0.25) is 5.02 Å². The Labute approximate surface area is 88.2 Å². The van der Waals surface area contributed by atoms with Crippen LogP contribution in [0.3, 0.4) is 0 Å². The molecule has 1 amide bonds. The van der Waals surface area contributed by atoms with Gasteiger partial charge in [-0.1, -0.05) is 17.7 Å². The Morgan fingerprint density at radius 2 is 2.21 bits per heavy atom. The second kappa shape index (κ2) is 4.44. The van der Waals surface area contributed by atoms with Crippen LogP contribution in [0.4, 0.5) is 5.69 Å². The van der Waals surface area contributed by atoms with Gasteiger partial charge in [0.25, 0.3) is 0 Å². The first-order valence-electron chi connectivity index (χ1n) is 4.33. The van der Waals surface area contributed by atoms with Crippen molar-refractivity contribution in [2.24, 2.45) is 5.73 Å². The number of rotatable bonds is 2. The predicted octanol–water partition coefficient (Wildman–Crippen LogP) is 1.93. The van der Waals surface area contributed by atoms with Gasteiger partial charge in [0.15, 0.2) is 0 Å². The Bertz CT molecular complexity index is 350. The predicted molar refractivity (Wildman–Crippen MR) is 58.5 cm³/mol. The van der Waals surface area contributed by atoms with Crippen LogP contribution < -0.4 is 11.1 Å². The van der Waals surface area contributed by atoms with Crippen molar-refractivity contribution in [3.8, 4) is 0 Å². The molecule has 0 saturated carbocycles. The van der Waals surface area contributed by atoms with Crippen LogP contribution >= 0.6 is 11.6 Å². The van der Waals surface area contributed by atoms with Gasteiger partial charge in [-0.25, -0.2) is 0 Å². The van der Waals surface area contributed by atoms with Gasteiger partial charge in [-0.2, -0.15) is 0 Å². The molecule has 0 aromatic heterocycles. The normalized spacial score (nSPS) is 12.3. The molecule has 0 spiro atoms. The maximum Gasteiger partial charge on any atom is 0.241 e. The summed E-state index contributed by atoms with van der Waals surface area (Å²) in [5.74, 6) is -0.238. The summed E-state index contributed by atoms with van der Waals surface area (Å²) in [6.45, 7) is 3.55. The largest absolute Gasteiger partial charge is 0.323 e. The number of aryl methyl sites for hydroxylation is 1. The average molecular weight is 213 g/mol. The summed E-state index contributed by atoms with van der Waals surface area (Å²) >= 11 is 5.89. The van der Waals surface area contributed by atoms with E-state index in [9.17, 15) is 4.79 Å². The summed E-state index contributed by atoms with van der Waals surface area (Å²) in [7, 11) is 0. The molecule has 3 nitrogen and oxygen atoms in total. The molecule has 0 bridgehead atoms. The third kappa shape index (κ3) is 2.72. The lowest BCUT2D eigenvalue weighted by molar-refractivity contribution is -0.117. The van der Waals surface area contributed by atoms with Crippen LogP contribution in [0.15, 0.2) is 18.2 Å². The zero-order valence-corrected chi connectivity index (χ0v) is 8.93. The Balaban J connectivity index is 2.86. The average Bonchev–Trinajstić information content (AvgIpc) is 2.11. The first-order chi connectivity index (χ1) is 6.50. The number of nitrogens with one attached hydrogen (secondary N) is 1. The molecule has 0 radical (unpaired) electrons. The topological polar surface area (TPSA) is 55.1 Å². The van der Waals surface area contributed by atoms with E-state index in [1.54, 1.807) is 13.0 Å². The van der Waals surface area contributed by atoms with E-state index in [2.05, 4.69) is 5.32 Å². The van der Waals surface area contributed by atoms with Gasteiger partial charge in [0.1, 0.15) is 0 Å². The molecule has 1 aromatic carbocycles. The van der Waals surface area contributed by atoms with Crippen molar-refractivity contribution in [1.29, 1.82) is 0 Å². The number of anilines is 1. The molecule has 0 aliphatic heterocycles. The number of halogens is 1. The minimum atomic E-state index is -0.536. The van der Waals surface area contributed by atoms with Crippen molar-refractivity contribution in [2.45, 2.75) is 19.9 Å². The van der Waals surface area contributed by atoms with Crippen LogP contribution in [0, 0.1) is 6.92 Å². The number of carbonyl (C=O) groups excluding carboxylic acids is 1. The van der Waals surface area contributed by atoms with Gasteiger partial charge in [0.05, 0.1) is 16.8 Å². The van der Waals surface area contributed by atoms with Gasteiger partial charge < -0.3 is 11.1 Å². The molecule has 1 atom stereocenters. The quantitative estimate of drug-likeness (QED) is 0.787. The molecule has 3 N–H and O–H groups in total. The fraction of sp³-hybridized carbons (Fsp3) is 0.300. The maximum atomic E-state index is 11.3. The van der Waals surface area contributed by atoms with Gasteiger partial charge in [-0.05, 0) is 31.5 Å². The Morgan fingerprint density at radius 3 is 2.79 bits per heavy atom. The van der Waals surface area contributed by atoms with E-state index in [4.69, 9.17) is 17.3 Å². The highest BCUT2D eigenvalue weighted by atomic mass is 35.5. The molecule has 1 unspecified atom stereocenters. The summed E-state index contributed by atoms with van der Waals surface area (Å²) in [6, 6.07) is 4.90. The monoisotopic (exact) mass is 212 g/mol. The second-order valence-corrected chi connectivity index (χ2v) is 3.67.